The van der Waals surface area contributed by atoms with Crippen LogP contribution >= 0.6 is 22.7 Å². The van der Waals surface area contributed by atoms with Crippen molar-refractivity contribution in [2.24, 2.45) is 20.5 Å². The monoisotopic (exact) mass is 706 g/mol. The number of aromatic nitrogens is 1. The molecule has 0 aliphatic heterocycles. The molecule has 2 aromatic carbocycles. The molecule has 0 saturated heterocycles. The SMILES string of the molecule is CCC(=O)OCCCCCCCCCOc1ccc(/N=N/c2cc3sc(/N=N/c4ccc(N(CC)CCOC(=O)CC)cc4)nc3s2)cc1. The Morgan fingerprint density at radius 3 is 1.92 bits per heavy atom. The second-order valence-corrected chi connectivity index (χ2v) is 13.2. The van der Waals surface area contributed by atoms with E-state index in [9.17, 15) is 9.59 Å². The molecule has 262 valence electrons. The molecule has 0 radical (unpaired) electrons. The smallest absolute Gasteiger partial charge is 0.305 e. The second kappa shape index (κ2) is 21.0. The summed E-state index contributed by atoms with van der Waals surface area (Å²) in [5, 5.41) is 18.8. The molecule has 0 aliphatic rings. The zero-order valence-corrected chi connectivity index (χ0v) is 30.3. The van der Waals surface area contributed by atoms with Crippen LogP contribution in [0.25, 0.3) is 9.53 Å². The maximum absolute atomic E-state index is 11.4. The van der Waals surface area contributed by atoms with Gasteiger partial charge in [0, 0.05) is 25.1 Å². The van der Waals surface area contributed by atoms with Gasteiger partial charge in [0.15, 0.2) is 0 Å². The average molecular weight is 707 g/mol. The number of likely N-dealkylation sites (N-methyl/N-ethyl adjacent to an activating group) is 1. The first-order valence-corrected chi connectivity index (χ1v) is 18.7. The van der Waals surface area contributed by atoms with E-state index in [1.165, 1.54) is 41.9 Å². The van der Waals surface area contributed by atoms with E-state index in [0.29, 0.717) is 44.3 Å². The van der Waals surface area contributed by atoms with Crippen molar-refractivity contribution in [3.63, 3.8) is 0 Å². The van der Waals surface area contributed by atoms with Gasteiger partial charge >= 0.3 is 11.9 Å². The molecule has 49 heavy (non-hydrogen) atoms. The van der Waals surface area contributed by atoms with Crippen molar-refractivity contribution >= 4 is 71.3 Å². The Kier molecular flexibility index (Phi) is 16.1. The van der Waals surface area contributed by atoms with Crippen molar-refractivity contribution in [2.45, 2.75) is 78.6 Å². The molecule has 0 atom stereocenters. The number of thiophene rings is 1. The second-order valence-electron chi connectivity index (χ2n) is 11.2. The molecule has 0 spiro atoms. The molecule has 4 aromatic rings. The number of thiazole rings is 1. The van der Waals surface area contributed by atoms with Crippen LogP contribution in [-0.4, -0.2) is 49.8 Å². The standard InChI is InChI=1S/C36H46N6O5S2/c1-4-33(43)46-24-13-11-9-7-8-10-12-23-45-30-20-16-28(17-21-30)38-40-32-26-31-35(49-32)37-36(48-31)41-39-27-14-18-29(19-15-27)42(6-3)22-25-47-34(44)5-2/h14-21,26H,4-13,22-25H2,1-3H3/b40-38+,41-39+. The van der Waals surface area contributed by atoms with Crippen molar-refractivity contribution in [1.82, 2.24) is 4.98 Å². The van der Waals surface area contributed by atoms with Gasteiger partial charge in [-0.15, -0.1) is 20.5 Å². The molecular formula is C36H46N6O5S2. The Balaban J connectivity index is 1.15. The van der Waals surface area contributed by atoms with Crippen molar-refractivity contribution in [3.8, 4) is 5.75 Å². The number of carbonyl (C=O) groups excluding carboxylic acids is 2. The van der Waals surface area contributed by atoms with E-state index in [1.54, 1.807) is 6.92 Å². The number of carbonyl (C=O) groups is 2. The molecule has 2 heterocycles. The molecule has 2 aromatic heterocycles. The van der Waals surface area contributed by atoms with Gasteiger partial charge in [0.1, 0.15) is 22.2 Å². The molecule has 0 saturated carbocycles. The third-order valence-electron chi connectivity index (χ3n) is 7.54. The number of azo groups is 2. The number of ether oxygens (including phenoxy) is 3. The zero-order valence-electron chi connectivity index (χ0n) is 28.6. The lowest BCUT2D eigenvalue weighted by Gasteiger charge is -2.22. The fraction of sp³-hybridized carbons (Fsp3) is 0.472. The maximum Gasteiger partial charge on any atom is 0.305 e. The van der Waals surface area contributed by atoms with E-state index in [-0.39, 0.29) is 11.9 Å². The van der Waals surface area contributed by atoms with E-state index >= 15 is 0 Å². The third kappa shape index (κ3) is 13.3. The summed E-state index contributed by atoms with van der Waals surface area (Å²) < 4.78 is 17.2. The number of fused-ring (bicyclic) bond motifs is 1. The van der Waals surface area contributed by atoms with E-state index in [1.807, 2.05) is 61.5 Å². The molecule has 11 nitrogen and oxygen atoms in total. The highest BCUT2D eigenvalue weighted by Crippen LogP contribution is 2.39. The van der Waals surface area contributed by atoms with Crippen LogP contribution in [0, 0.1) is 0 Å². The number of hydrogen-bond donors (Lipinski definition) is 0. The van der Waals surface area contributed by atoms with Crippen molar-refractivity contribution in [3.05, 3.63) is 54.6 Å². The predicted molar refractivity (Wildman–Crippen MR) is 197 cm³/mol. The topological polar surface area (TPSA) is 127 Å². The van der Waals surface area contributed by atoms with Gasteiger partial charge in [-0.3, -0.25) is 9.59 Å². The van der Waals surface area contributed by atoms with Gasteiger partial charge in [-0.25, -0.2) is 4.98 Å². The van der Waals surface area contributed by atoms with Gasteiger partial charge in [-0.2, -0.15) is 0 Å². The number of hydrogen-bond acceptors (Lipinski definition) is 13. The van der Waals surface area contributed by atoms with Gasteiger partial charge in [-0.05, 0) is 74.4 Å². The van der Waals surface area contributed by atoms with E-state index in [2.05, 4.69) is 37.3 Å². The Bertz CT molecular complexity index is 1600. The summed E-state index contributed by atoms with van der Waals surface area (Å²) in [4.78, 5) is 30.1. The van der Waals surface area contributed by atoms with Crippen molar-refractivity contribution < 1.29 is 23.8 Å². The van der Waals surface area contributed by atoms with E-state index < -0.39 is 0 Å². The summed E-state index contributed by atoms with van der Waals surface area (Å²) in [5.41, 5.74) is 2.52. The number of anilines is 1. The number of nitrogens with zero attached hydrogens (tertiary/aromatic N) is 6. The summed E-state index contributed by atoms with van der Waals surface area (Å²) in [5.74, 6) is 0.528. The predicted octanol–water partition coefficient (Wildman–Crippen LogP) is 11.0. The third-order valence-corrected chi connectivity index (χ3v) is 9.46. The quantitative estimate of drug-likeness (QED) is 0.0452. The van der Waals surface area contributed by atoms with Crippen LogP contribution in [0.1, 0.15) is 78.6 Å². The molecule has 0 N–H and O–H groups in total. The molecule has 0 aliphatic carbocycles. The van der Waals surface area contributed by atoms with Crippen molar-refractivity contribution in [1.29, 1.82) is 0 Å². The van der Waals surface area contributed by atoms with Crippen LogP contribution in [-0.2, 0) is 19.1 Å². The molecular weight excluding hydrogens is 661 g/mol. The lowest BCUT2D eigenvalue weighted by atomic mass is 10.1. The summed E-state index contributed by atoms with van der Waals surface area (Å²) >= 11 is 2.92. The zero-order chi connectivity index (χ0) is 34.7. The summed E-state index contributed by atoms with van der Waals surface area (Å²) in [6, 6.07) is 17.4. The van der Waals surface area contributed by atoms with Gasteiger partial charge in [-0.1, -0.05) is 68.6 Å². The highest BCUT2D eigenvalue weighted by atomic mass is 32.1. The van der Waals surface area contributed by atoms with E-state index in [0.717, 1.165) is 69.6 Å². The Hall–Kier alpha value is -4.23. The van der Waals surface area contributed by atoms with Crippen LogP contribution in [0.4, 0.5) is 27.2 Å². The van der Waals surface area contributed by atoms with Crippen LogP contribution in [0.5, 0.6) is 5.75 Å². The maximum atomic E-state index is 11.4. The average Bonchev–Trinajstić information content (AvgIpc) is 3.70. The molecule has 13 heteroatoms. The minimum Gasteiger partial charge on any atom is -0.494 e. The van der Waals surface area contributed by atoms with Gasteiger partial charge in [0.05, 0.1) is 35.8 Å². The lowest BCUT2D eigenvalue weighted by molar-refractivity contribution is -0.144. The highest BCUT2D eigenvalue weighted by molar-refractivity contribution is 7.30. The first-order chi connectivity index (χ1) is 24.0. The molecule has 0 amide bonds. The minimum atomic E-state index is -0.186. The van der Waals surface area contributed by atoms with Crippen LogP contribution in [0.15, 0.2) is 75.1 Å². The Labute approximate surface area is 296 Å². The number of benzene rings is 2. The highest BCUT2D eigenvalue weighted by Gasteiger charge is 2.09. The lowest BCUT2D eigenvalue weighted by Crippen LogP contribution is -2.27. The Morgan fingerprint density at radius 1 is 0.694 bits per heavy atom. The molecule has 4 rings (SSSR count). The van der Waals surface area contributed by atoms with Crippen LogP contribution < -0.4 is 9.64 Å². The fourth-order valence-electron chi connectivity index (χ4n) is 4.76. The van der Waals surface area contributed by atoms with Gasteiger partial charge in [0.25, 0.3) is 0 Å². The first-order valence-electron chi connectivity index (χ1n) is 17.1. The van der Waals surface area contributed by atoms with E-state index in [4.69, 9.17) is 14.2 Å². The van der Waals surface area contributed by atoms with Crippen LogP contribution in [0.3, 0.4) is 0 Å². The summed E-state index contributed by atoms with van der Waals surface area (Å²) in [7, 11) is 0. The van der Waals surface area contributed by atoms with Gasteiger partial charge < -0.3 is 19.1 Å². The fourth-order valence-corrected chi connectivity index (χ4v) is 6.61. The molecule has 0 unspecified atom stereocenters. The van der Waals surface area contributed by atoms with Crippen LogP contribution in [0.2, 0.25) is 0 Å². The molecule has 0 fully saturated rings. The first kappa shape index (κ1) is 37.6. The normalized spacial score (nSPS) is 11.5. The number of unbranched alkanes of at least 4 members (excludes halogenated alkanes) is 6. The largest absolute Gasteiger partial charge is 0.494 e. The summed E-state index contributed by atoms with van der Waals surface area (Å²) in [6.07, 6.45) is 8.60. The number of rotatable bonds is 22. The number of esters is 2. The minimum absolute atomic E-state index is 0.114. The Morgan fingerprint density at radius 2 is 1.29 bits per heavy atom. The summed E-state index contributed by atoms with van der Waals surface area (Å²) in [6.45, 7) is 8.70. The van der Waals surface area contributed by atoms with Crippen molar-refractivity contribution in [2.75, 3.05) is 37.8 Å². The molecule has 0 bridgehead atoms. The van der Waals surface area contributed by atoms with Gasteiger partial charge in [0.2, 0.25) is 5.13 Å².